The molecule has 0 fully saturated rings. The number of nitrogens with zero attached hydrogens (tertiary/aromatic N) is 1. The maximum atomic E-state index is 9.84. The average molecular weight is 258 g/mol. The quantitative estimate of drug-likeness (QED) is 0.654. The molecule has 0 aliphatic heterocycles. The highest BCUT2D eigenvalue weighted by molar-refractivity contribution is 5.59. The topological polar surface area (TPSA) is 58.7 Å². The summed E-state index contributed by atoms with van der Waals surface area (Å²) in [6.07, 6.45) is 0. The van der Waals surface area contributed by atoms with Crippen LogP contribution in [0, 0.1) is 0 Å². The molecular formula is C15H18N2O2. The van der Waals surface area contributed by atoms with Gasteiger partial charge in [0.05, 0.1) is 12.8 Å². The minimum atomic E-state index is 0.246. The molecule has 3 N–H and O–H groups in total. The summed E-state index contributed by atoms with van der Waals surface area (Å²) in [5.41, 5.74) is 8.13. The van der Waals surface area contributed by atoms with E-state index in [2.05, 4.69) is 0 Å². The minimum Gasteiger partial charge on any atom is -0.508 e. The molecule has 0 radical (unpaired) electrons. The molecule has 0 atom stereocenters. The zero-order valence-electron chi connectivity index (χ0n) is 11.1. The fraction of sp³-hybridized carbons (Fsp3) is 0.200. The number of nitrogens with two attached hydrogens (primary N) is 1. The lowest BCUT2D eigenvalue weighted by atomic mass is 10.1. The normalized spacial score (nSPS) is 10.2. The van der Waals surface area contributed by atoms with Gasteiger partial charge in [-0.2, -0.15) is 0 Å². The predicted molar refractivity (Wildman–Crippen MR) is 77.6 cm³/mol. The van der Waals surface area contributed by atoms with Crippen molar-refractivity contribution in [3.05, 3.63) is 48.0 Å². The van der Waals surface area contributed by atoms with Crippen LogP contribution in [0.1, 0.15) is 5.56 Å². The fourth-order valence-electron chi connectivity index (χ4n) is 2.02. The Hall–Kier alpha value is -2.36. The minimum absolute atomic E-state index is 0.246. The van der Waals surface area contributed by atoms with Gasteiger partial charge in [0.25, 0.3) is 0 Å². The number of hydrogen-bond acceptors (Lipinski definition) is 4. The summed E-state index contributed by atoms with van der Waals surface area (Å²) in [5.74, 6) is 1.05. The first kappa shape index (κ1) is 13.1. The highest BCUT2D eigenvalue weighted by Crippen LogP contribution is 2.29. The van der Waals surface area contributed by atoms with Crippen molar-refractivity contribution in [1.29, 1.82) is 0 Å². The van der Waals surface area contributed by atoms with E-state index in [1.807, 2.05) is 36.2 Å². The first-order chi connectivity index (χ1) is 9.11. The summed E-state index contributed by atoms with van der Waals surface area (Å²) >= 11 is 0. The SMILES string of the molecule is COc1ccccc1N(C)Cc1cc(N)ccc1O. The number of nitrogen functional groups attached to an aromatic ring is 1. The Bertz CT molecular complexity index is 570. The summed E-state index contributed by atoms with van der Waals surface area (Å²) in [6.45, 7) is 0.553. The Labute approximate surface area is 113 Å². The van der Waals surface area contributed by atoms with Crippen LogP contribution in [-0.2, 0) is 6.54 Å². The van der Waals surface area contributed by atoms with E-state index < -0.39 is 0 Å². The lowest BCUT2D eigenvalue weighted by Gasteiger charge is -2.22. The molecule has 0 amide bonds. The highest BCUT2D eigenvalue weighted by atomic mass is 16.5. The first-order valence-electron chi connectivity index (χ1n) is 6.03. The number of para-hydroxylation sites is 2. The Morgan fingerprint density at radius 1 is 1.21 bits per heavy atom. The second-order valence-corrected chi connectivity index (χ2v) is 4.42. The van der Waals surface area contributed by atoms with Crippen LogP contribution in [0.4, 0.5) is 11.4 Å². The molecule has 0 aromatic heterocycles. The Morgan fingerprint density at radius 3 is 2.68 bits per heavy atom. The van der Waals surface area contributed by atoms with Crippen molar-refractivity contribution in [3.8, 4) is 11.5 Å². The molecule has 2 aromatic carbocycles. The Morgan fingerprint density at radius 2 is 1.95 bits per heavy atom. The number of phenols is 1. The number of methoxy groups -OCH3 is 1. The third-order valence-corrected chi connectivity index (χ3v) is 3.01. The van der Waals surface area contributed by atoms with Crippen molar-refractivity contribution in [2.24, 2.45) is 0 Å². The van der Waals surface area contributed by atoms with Gasteiger partial charge in [0.15, 0.2) is 0 Å². The van der Waals surface area contributed by atoms with Gasteiger partial charge in [-0.05, 0) is 30.3 Å². The number of ether oxygens (including phenoxy) is 1. The fourth-order valence-corrected chi connectivity index (χ4v) is 2.02. The van der Waals surface area contributed by atoms with Crippen molar-refractivity contribution >= 4 is 11.4 Å². The van der Waals surface area contributed by atoms with E-state index in [0.29, 0.717) is 12.2 Å². The van der Waals surface area contributed by atoms with Crippen molar-refractivity contribution in [2.75, 3.05) is 24.8 Å². The second kappa shape index (κ2) is 5.52. The van der Waals surface area contributed by atoms with Crippen molar-refractivity contribution in [1.82, 2.24) is 0 Å². The van der Waals surface area contributed by atoms with Crippen LogP contribution in [0.2, 0.25) is 0 Å². The summed E-state index contributed by atoms with van der Waals surface area (Å²) in [4.78, 5) is 2.01. The molecule has 19 heavy (non-hydrogen) atoms. The summed E-state index contributed by atoms with van der Waals surface area (Å²) in [7, 11) is 3.59. The van der Waals surface area contributed by atoms with E-state index in [1.54, 1.807) is 25.3 Å². The lowest BCUT2D eigenvalue weighted by molar-refractivity contribution is 0.414. The molecular weight excluding hydrogens is 240 g/mol. The van der Waals surface area contributed by atoms with E-state index in [4.69, 9.17) is 10.5 Å². The van der Waals surface area contributed by atoms with Gasteiger partial charge in [0.1, 0.15) is 11.5 Å². The maximum Gasteiger partial charge on any atom is 0.142 e. The van der Waals surface area contributed by atoms with Gasteiger partial charge < -0.3 is 20.5 Å². The van der Waals surface area contributed by atoms with Gasteiger partial charge in [-0.1, -0.05) is 12.1 Å². The molecule has 100 valence electrons. The largest absolute Gasteiger partial charge is 0.508 e. The third kappa shape index (κ3) is 2.91. The molecule has 0 bridgehead atoms. The number of benzene rings is 2. The number of rotatable bonds is 4. The standard InChI is InChI=1S/C15H18N2O2/c1-17(13-5-3-4-6-15(13)19-2)10-11-9-12(16)7-8-14(11)18/h3-9,18H,10,16H2,1-2H3. The van der Waals surface area contributed by atoms with Crippen molar-refractivity contribution in [2.45, 2.75) is 6.54 Å². The van der Waals surface area contributed by atoms with Crippen LogP contribution in [0.25, 0.3) is 0 Å². The van der Waals surface area contributed by atoms with Crippen molar-refractivity contribution in [3.63, 3.8) is 0 Å². The molecule has 0 spiro atoms. The van der Waals surface area contributed by atoms with Gasteiger partial charge in [-0.3, -0.25) is 0 Å². The van der Waals surface area contributed by atoms with Gasteiger partial charge >= 0.3 is 0 Å². The smallest absolute Gasteiger partial charge is 0.142 e. The van der Waals surface area contributed by atoms with Gasteiger partial charge in [0.2, 0.25) is 0 Å². The maximum absolute atomic E-state index is 9.84. The second-order valence-electron chi connectivity index (χ2n) is 4.42. The van der Waals surface area contributed by atoms with Gasteiger partial charge in [0, 0.05) is 24.8 Å². The van der Waals surface area contributed by atoms with E-state index in [0.717, 1.165) is 17.0 Å². The first-order valence-corrected chi connectivity index (χ1v) is 6.03. The predicted octanol–water partition coefficient (Wildman–Crippen LogP) is 2.62. The zero-order chi connectivity index (χ0) is 13.8. The van der Waals surface area contributed by atoms with Crippen LogP contribution < -0.4 is 15.4 Å². The number of hydrogen-bond donors (Lipinski definition) is 2. The molecule has 2 rings (SSSR count). The van der Waals surface area contributed by atoms with E-state index in [1.165, 1.54) is 0 Å². The molecule has 4 nitrogen and oxygen atoms in total. The molecule has 4 heteroatoms. The Kier molecular flexibility index (Phi) is 3.80. The highest BCUT2D eigenvalue weighted by Gasteiger charge is 2.10. The number of aromatic hydroxyl groups is 1. The number of anilines is 2. The van der Waals surface area contributed by atoms with E-state index >= 15 is 0 Å². The summed E-state index contributed by atoms with van der Waals surface area (Å²) in [6, 6.07) is 12.8. The number of phenolic OH excluding ortho intramolecular Hbond substituents is 1. The molecule has 0 aliphatic carbocycles. The molecule has 2 aromatic rings. The molecule has 0 saturated heterocycles. The Balaban J connectivity index is 2.25. The zero-order valence-corrected chi connectivity index (χ0v) is 11.1. The van der Waals surface area contributed by atoms with E-state index in [-0.39, 0.29) is 5.75 Å². The molecule has 0 saturated carbocycles. The summed E-state index contributed by atoms with van der Waals surface area (Å²) in [5, 5.41) is 9.84. The average Bonchev–Trinajstić information content (AvgIpc) is 2.42. The molecule has 0 heterocycles. The van der Waals surface area contributed by atoms with Crippen LogP contribution in [-0.4, -0.2) is 19.3 Å². The summed E-state index contributed by atoms with van der Waals surface area (Å²) < 4.78 is 5.33. The van der Waals surface area contributed by atoms with Crippen LogP contribution in [0.5, 0.6) is 11.5 Å². The van der Waals surface area contributed by atoms with Crippen molar-refractivity contribution < 1.29 is 9.84 Å². The van der Waals surface area contributed by atoms with Crippen LogP contribution >= 0.6 is 0 Å². The van der Waals surface area contributed by atoms with Gasteiger partial charge in [-0.25, -0.2) is 0 Å². The van der Waals surface area contributed by atoms with Gasteiger partial charge in [-0.15, -0.1) is 0 Å². The van der Waals surface area contributed by atoms with E-state index in [9.17, 15) is 5.11 Å². The van der Waals surface area contributed by atoms with Crippen LogP contribution in [0.3, 0.4) is 0 Å². The monoisotopic (exact) mass is 258 g/mol. The molecule has 0 aliphatic rings. The third-order valence-electron chi connectivity index (χ3n) is 3.01. The molecule has 0 unspecified atom stereocenters. The lowest BCUT2D eigenvalue weighted by Crippen LogP contribution is -2.17. The van der Waals surface area contributed by atoms with Crippen LogP contribution in [0.15, 0.2) is 42.5 Å².